The summed E-state index contributed by atoms with van der Waals surface area (Å²) >= 11 is 0. The number of pyridine rings is 2. The number of para-hydroxylation sites is 1. The molecule has 8 heteroatoms. The molecule has 27 heavy (non-hydrogen) atoms. The van der Waals surface area contributed by atoms with Gasteiger partial charge in [0.15, 0.2) is 17.4 Å². The first-order valence-electron chi connectivity index (χ1n) is 8.41. The number of nitrogens with one attached hydrogen (secondary N) is 2. The van der Waals surface area contributed by atoms with E-state index in [1.807, 2.05) is 47.1 Å². The van der Waals surface area contributed by atoms with Crippen molar-refractivity contribution in [3.05, 3.63) is 72.3 Å². The van der Waals surface area contributed by atoms with E-state index >= 15 is 0 Å². The highest BCUT2D eigenvalue weighted by Crippen LogP contribution is 2.15. The molecule has 0 saturated heterocycles. The van der Waals surface area contributed by atoms with E-state index in [1.165, 1.54) is 0 Å². The van der Waals surface area contributed by atoms with Crippen LogP contribution in [0.25, 0.3) is 16.6 Å². The first-order valence-corrected chi connectivity index (χ1v) is 8.41. The van der Waals surface area contributed by atoms with Crippen LogP contribution in [0.5, 0.6) is 0 Å². The lowest BCUT2D eigenvalue weighted by Gasteiger charge is -2.12. The summed E-state index contributed by atoms with van der Waals surface area (Å²) in [6.45, 7) is 1.16. The van der Waals surface area contributed by atoms with Gasteiger partial charge in [0.05, 0.1) is 12.1 Å². The number of hydrogen-bond donors (Lipinski definition) is 2. The fraction of sp³-hybridized carbons (Fsp3) is 0.158. The maximum absolute atomic E-state index is 4.48. The van der Waals surface area contributed by atoms with E-state index in [2.05, 4.69) is 49.0 Å². The molecular weight excluding hydrogens is 453 g/mol. The summed E-state index contributed by atoms with van der Waals surface area (Å²) in [5.41, 5.74) is 2.95. The molecule has 7 nitrogen and oxygen atoms in total. The number of halogens is 1. The van der Waals surface area contributed by atoms with Crippen molar-refractivity contribution in [1.29, 1.82) is 0 Å². The van der Waals surface area contributed by atoms with Gasteiger partial charge in [-0.1, -0.05) is 30.3 Å². The van der Waals surface area contributed by atoms with E-state index in [4.69, 9.17) is 0 Å². The first kappa shape index (κ1) is 19.0. The predicted octanol–water partition coefficient (Wildman–Crippen LogP) is 2.76. The average molecular weight is 473 g/mol. The molecule has 4 aromatic rings. The van der Waals surface area contributed by atoms with E-state index in [-0.39, 0.29) is 24.0 Å². The van der Waals surface area contributed by atoms with Crippen LogP contribution < -0.4 is 10.6 Å². The third-order valence-corrected chi connectivity index (χ3v) is 4.18. The van der Waals surface area contributed by atoms with E-state index in [9.17, 15) is 0 Å². The van der Waals surface area contributed by atoms with Gasteiger partial charge in [-0.05, 0) is 23.8 Å². The highest BCUT2D eigenvalue weighted by molar-refractivity contribution is 14.0. The van der Waals surface area contributed by atoms with Crippen molar-refractivity contribution >= 4 is 46.5 Å². The predicted molar refractivity (Wildman–Crippen MR) is 117 cm³/mol. The van der Waals surface area contributed by atoms with Crippen LogP contribution in [-0.4, -0.2) is 32.6 Å². The van der Waals surface area contributed by atoms with Gasteiger partial charge < -0.3 is 10.6 Å². The van der Waals surface area contributed by atoms with Crippen molar-refractivity contribution in [2.24, 2.45) is 4.99 Å². The fourth-order valence-electron chi connectivity index (χ4n) is 2.88. The van der Waals surface area contributed by atoms with E-state index in [1.54, 1.807) is 7.05 Å². The number of fused-ring (bicyclic) bond motifs is 2. The molecule has 0 aliphatic carbocycles. The summed E-state index contributed by atoms with van der Waals surface area (Å²) in [4.78, 5) is 8.76. The molecule has 2 N–H and O–H groups in total. The van der Waals surface area contributed by atoms with Crippen molar-refractivity contribution in [2.45, 2.75) is 13.1 Å². The van der Waals surface area contributed by atoms with Gasteiger partial charge in [-0.15, -0.1) is 34.2 Å². The van der Waals surface area contributed by atoms with Crippen molar-refractivity contribution < 1.29 is 0 Å². The minimum atomic E-state index is 0. The van der Waals surface area contributed by atoms with Crippen LogP contribution in [0.1, 0.15) is 11.4 Å². The largest absolute Gasteiger partial charge is 0.352 e. The second-order valence-electron chi connectivity index (χ2n) is 5.82. The van der Waals surface area contributed by atoms with Crippen LogP contribution >= 0.6 is 24.0 Å². The number of aromatic nitrogens is 4. The molecular formula is C19H20IN7. The molecule has 4 rings (SSSR count). The normalized spacial score (nSPS) is 11.4. The molecule has 0 aliphatic heterocycles. The lowest BCUT2D eigenvalue weighted by Crippen LogP contribution is -2.36. The Balaban J connectivity index is 0.00000210. The Morgan fingerprint density at radius 2 is 1.85 bits per heavy atom. The average Bonchev–Trinajstić information content (AvgIpc) is 3.11. The molecule has 0 spiro atoms. The van der Waals surface area contributed by atoms with Crippen LogP contribution in [0.3, 0.4) is 0 Å². The maximum Gasteiger partial charge on any atom is 0.191 e. The van der Waals surface area contributed by atoms with Crippen LogP contribution in [0.15, 0.2) is 65.9 Å². The standard InChI is InChI=1S/C19H19N7.HI/c1-20-19(23-13-17-25-24-16-9-2-3-11-26(16)17)22-12-15-7-4-6-14-8-5-10-21-18(14)15;/h2-11H,12-13H2,1H3,(H2,20,22,23);1H. The van der Waals surface area contributed by atoms with Crippen molar-refractivity contribution in [2.75, 3.05) is 7.05 Å². The van der Waals surface area contributed by atoms with Gasteiger partial charge in [-0.2, -0.15) is 0 Å². The number of nitrogens with zero attached hydrogens (tertiary/aromatic N) is 5. The molecule has 0 atom stereocenters. The number of aliphatic imine (C=N–C) groups is 1. The Hall–Kier alpha value is -2.75. The van der Waals surface area contributed by atoms with E-state index < -0.39 is 0 Å². The van der Waals surface area contributed by atoms with Crippen molar-refractivity contribution in [3.63, 3.8) is 0 Å². The van der Waals surface area contributed by atoms with Crippen LogP contribution in [0.2, 0.25) is 0 Å². The topological polar surface area (TPSA) is 79.5 Å². The summed E-state index contributed by atoms with van der Waals surface area (Å²) in [5, 5.41) is 16.1. The third-order valence-electron chi connectivity index (χ3n) is 4.18. The summed E-state index contributed by atoms with van der Waals surface area (Å²) in [6, 6.07) is 16.0. The molecule has 0 bridgehead atoms. The number of hydrogen-bond acceptors (Lipinski definition) is 4. The quantitative estimate of drug-likeness (QED) is 0.271. The van der Waals surface area contributed by atoms with Gasteiger partial charge in [0, 0.05) is 31.4 Å². The zero-order valence-corrected chi connectivity index (χ0v) is 17.2. The Morgan fingerprint density at radius 1 is 1.00 bits per heavy atom. The Bertz CT molecular complexity index is 1070. The van der Waals surface area contributed by atoms with Gasteiger partial charge >= 0.3 is 0 Å². The van der Waals surface area contributed by atoms with Crippen molar-refractivity contribution in [3.8, 4) is 0 Å². The van der Waals surface area contributed by atoms with Crippen LogP contribution in [-0.2, 0) is 13.1 Å². The molecule has 3 aromatic heterocycles. The number of guanidine groups is 1. The van der Waals surface area contributed by atoms with Gasteiger partial charge in [0.1, 0.15) is 0 Å². The monoisotopic (exact) mass is 473 g/mol. The number of benzene rings is 1. The van der Waals surface area contributed by atoms with E-state index in [0.29, 0.717) is 19.0 Å². The molecule has 0 radical (unpaired) electrons. The fourth-order valence-corrected chi connectivity index (χ4v) is 2.88. The highest BCUT2D eigenvalue weighted by Gasteiger charge is 2.07. The molecule has 0 fully saturated rings. The molecule has 138 valence electrons. The Kier molecular flexibility index (Phi) is 6.17. The second kappa shape index (κ2) is 8.76. The van der Waals surface area contributed by atoms with Crippen LogP contribution in [0.4, 0.5) is 0 Å². The van der Waals surface area contributed by atoms with Gasteiger partial charge in [-0.25, -0.2) is 0 Å². The SMILES string of the molecule is CN=C(NCc1cccc2cccnc12)NCc1nnc2ccccn12.I. The molecule has 3 heterocycles. The number of rotatable bonds is 4. The minimum Gasteiger partial charge on any atom is -0.352 e. The van der Waals surface area contributed by atoms with Crippen LogP contribution in [0, 0.1) is 0 Å². The first-order chi connectivity index (χ1) is 12.8. The second-order valence-corrected chi connectivity index (χ2v) is 5.82. The lowest BCUT2D eigenvalue weighted by molar-refractivity contribution is 0.763. The summed E-state index contributed by atoms with van der Waals surface area (Å²) in [5.74, 6) is 1.53. The summed E-state index contributed by atoms with van der Waals surface area (Å²) < 4.78 is 1.95. The Labute approximate surface area is 174 Å². The van der Waals surface area contributed by atoms with E-state index in [0.717, 1.165) is 27.9 Å². The zero-order valence-electron chi connectivity index (χ0n) is 14.8. The molecule has 0 aliphatic rings. The summed E-state index contributed by atoms with van der Waals surface area (Å²) in [7, 11) is 1.75. The summed E-state index contributed by atoms with van der Waals surface area (Å²) in [6.07, 6.45) is 3.76. The highest BCUT2D eigenvalue weighted by atomic mass is 127. The lowest BCUT2D eigenvalue weighted by atomic mass is 10.1. The molecule has 0 unspecified atom stereocenters. The van der Waals surface area contributed by atoms with Gasteiger partial charge in [0.2, 0.25) is 0 Å². The maximum atomic E-state index is 4.48. The molecule has 1 aromatic carbocycles. The molecule has 0 saturated carbocycles. The Morgan fingerprint density at radius 3 is 2.74 bits per heavy atom. The molecule has 0 amide bonds. The van der Waals surface area contributed by atoms with Gasteiger partial charge in [-0.3, -0.25) is 14.4 Å². The minimum absolute atomic E-state index is 0. The van der Waals surface area contributed by atoms with Crippen molar-refractivity contribution in [1.82, 2.24) is 30.2 Å². The smallest absolute Gasteiger partial charge is 0.191 e. The zero-order chi connectivity index (χ0) is 17.8. The van der Waals surface area contributed by atoms with Gasteiger partial charge in [0.25, 0.3) is 0 Å². The third kappa shape index (κ3) is 4.16.